The van der Waals surface area contributed by atoms with Crippen molar-refractivity contribution in [2.45, 2.75) is 6.42 Å². The molecule has 92 valence electrons. The van der Waals surface area contributed by atoms with Crippen molar-refractivity contribution in [3.8, 4) is 0 Å². The summed E-state index contributed by atoms with van der Waals surface area (Å²) in [6.45, 7) is 0.517. The van der Waals surface area contributed by atoms with E-state index in [0.717, 1.165) is 17.5 Å². The van der Waals surface area contributed by atoms with Gasteiger partial charge in [-0.2, -0.15) is 0 Å². The Morgan fingerprint density at radius 1 is 1.35 bits per heavy atom. The Bertz CT molecular complexity index is 370. The van der Waals surface area contributed by atoms with Crippen molar-refractivity contribution >= 4 is 23.6 Å². The average molecular weight is 254 g/mol. The van der Waals surface area contributed by atoms with Crippen LogP contribution in [0.3, 0.4) is 0 Å². The first-order valence-electron chi connectivity index (χ1n) is 5.14. The van der Waals surface area contributed by atoms with Gasteiger partial charge in [-0.1, -0.05) is 6.07 Å². The molecule has 0 bridgehead atoms. The van der Waals surface area contributed by atoms with Crippen molar-refractivity contribution in [3.05, 3.63) is 30.1 Å². The Morgan fingerprint density at radius 2 is 2.18 bits per heavy atom. The quantitative estimate of drug-likeness (QED) is 0.743. The van der Waals surface area contributed by atoms with Crippen LogP contribution in [0, 0.1) is 0 Å². The maximum atomic E-state index is 11.3. The number of hydrogen-bond acceptors (Lipinski definition) is 4. The van der Waals surface area contributed by atoms with E-state index in [4.69, 9.17) is 5.11 Å². The van der Waals surface area contributed by atoms with Crippen LogP contribution in [0.5, 0.6) is 0 Å². The fraction of sp³-hybridized carbons (Fsp3) is 0.364. The van der Waals surface area contributed by atoms with Gasteiger partial charge in [-0.3, -0.25) is 14.6 Å². The van der Waals surface area contributed by atoms with Crippen LogP contribution in [0.15, 0.2) is 24.4 Å². The number of carbonyl (C=O) groups is 2. The van der Waals surface area contributed by atoms with Gasteiger partial charge in [0, 0.05) is 24.9 Å². The molecule has 6 heteroatoms. The molecule has 0 unspecified atom stereocenters. The summed E-state index contributed by atoms with van der Waals surface area (Å²) in [5.41, 5.74) is 0.922. The van der Waals surface area contributed by atoms with Crippen LogP contribution in [-0.2, 0) is 16.0 Å². The molecule has 17 heavy (non-hydrogen) atoms. The monoisotopic (exact) mass is 254 g/mol. The van der Waals surface area contributed by atoms with Crippen molar-refractivity contribution < 1.29 is 14.7 Å². The van der Waals surface area contributed by atoms with Gasteiger partial charge in [-0.15, -0.1) is 11.8 Å². The Kier molecular flexibility index (Phi) is 6.09. The van der Waals surface area contributed by atoms with Crippen molar-refractivity contribution in [2.24, 2.45) is 0 Å². The molecule has 0 saturated heterocycles. The number of aromatic nitrogens is 1. The first-order valence-corrected chi connectivity index (χ1v) is 6.30. The zero-order valence-electron chi connectivity index (χ0n) is 9.26. The number of carboxylic acid groups (broad SMARTS) is 1. The van der Waals surface area contributed by atoms with Gasteiger partial charge < -0.3 is 10.4 Å². The lowest BCUT2D eigenvalue weighted by Crippen LogP contribution is -2.27. The highest BCUT2D eigenvalue weighted by Gasteiger charge is 2.03. The number of pyridine rings is 1. The van der Waals surface area contributed by atoms with Gasteiger partial charge in [0.2, 0.25) is 5.91 Å². The lowest BCUT2D eigenvalue weighted by molar-refractivity contribution is -0.133. The topological polar surface area (TPSA) is 79.3 Å². The molecule has 2 N–H and O–H groups in total. The second-order valence-electron chi connectivity index (χ2n) is 3.31. The van der Waals surface area contributed by atoms with Gasteiger partial charge >= 0.3 is 5.97 Å². The maximum absolute atomic E-state index is 11.3. The zero-order valence-corrected chi connectivity index (χ0v) is 10.1. The highest BCUT2D eigenvalue weighted by molar-refractivity contribution is 8.00. The minimum absolute atomic E-state index is 0.0480. The largest absolute Gasteiger partial charge is 0.481 e. The number of nitrogens with zero attached hydrogens (tertiary/aromatic N) is 1. The fourth-order valence-corrected chi connectivity index (χ4v) is 1.72. The van der Waals surface area contributed by atoms with E-state index in [-0.39, 0.29) is 17.4 Å². The van der Waals surface area contributed by atoms with Crippen LogP contribution in [0.4, 0.5) is 0 Å². The molecule has 0 aliphatic carbocycles. The van der Waals surface area contributed by atoms with Crippen molar-refractivity contribution in [1.29, 1.82) is 0 Å². The molecule has 0 fully saturated rings. The zero-order chi connectivity index (χ0) is 12.5. The van der Waals surface area contributed by atoms with E-state index >= 15 is 0 Å². The predicted octanol–water partition coefficient (Wildman–Crippen LogP) is 0.558. The van der Waals surface area contributed by atoms with Gasteiger partial charge in [-0.25, -0.2) is 0 Å². The smallest absolute Gasteiger partial charge is 0.313 e. The molecule has 5 nitrogen and oxygen atoms in total. The predicted molar refractivity (Wildman–Crippen MR) is 65.9 cm³/mol. The molecule has 1 amide bonds. The highest BCUT2D eigenvalue weighted by Crippen LogP contribution is 1.98. The summed E-state index contributed by atoms with van der Waals surface area (Å²) >= 11 is 1.09. The summed E-state index contributed by atoms with van der Waals surface area (Å²) in [5, 5.41) is 11.1. The van der Waals surface area contributed by atoms with E-state index in [1.54, 1.807) is 6.20 Å². The number of amides is 1. The SMILES string of the molecule is O=C(O)CSCC(=O)NCCc1ccccn1. The highest BCUT2D eigenvalue weighted by atomic mass is 32.2. The molecule has 1 heterocycles. The van der Waals surface area contributed by atoms with Crippen molar-refractivity contribution in [1.82, 2.24) is 10.3 Å². The standard InChI is InChI=1S/C11H14N2O3S/c14-10(7-17-8-11(15)16)13-6-4-9-3-1-2-5-12-9/h1-3,5H,4,6-8H2,(H,13,14)(H,15,16). The Hall–Kier alpha value is -1.56. The molecule has 0 aromatic carbocycles. The molecular weight excluding hydrogens is 240 g/mol. The number of hydrogen-bond donors (Lipinski definition) is 2. The number of carboxylic acids is 1. The molecule has 0 spiro atoms. The molecule has 0 aliphatic rings. The van der Waals surface area contributed by atoms with E-state index in [0.29, 0.717) is 13.0 Å². The van der Waals surface area contributed by atoms with Crippen molar-refractivity contribution in [2.75, 3.05) is 18.1 Å². The summed E-state index contributed by atoms with van der Waals surface area (Å²) < 4.78 is 0. The third-order valence-corrected chi connectivity index (χ3v) is 2.81. The van der Waals surface area contributed by atoms with Crippen LogP contribution in [0.1, 0.15) is 5.69 Å². The second-order valence-corrected chi connectivity index (χ2v) is 4.29. The number of nitrogens with one attached hydrogen (secondary N) is 1. The molecule has 0 radical (unpaired) electrons. The van der Waals surface area contributed by atoms with Gasteiger partial charge in [0.25, 0.3) is 0 Å². The molecule has 1 rings (SSSR count). The summed E-state index contributed by atoms with van der Waals surface area (Å²) in [7, 11) is 0. The van der Waals surface area contributed by atoms with Gasteiger partial charge in [-0.05, 0) is 12.1 Å². The minimum atomic E-state index is -0.906. The summed E-state index contributed by atoms with van der Waals surface area (Å²) in [6.07, 6.45) is 2.38. The number of aliphatic carboxylic acids is 1. The van der Waals surface area contributed by atoms with Crippen LogP contribution < -0.4 is 5.32 Å². The van der Waals surface area contributed by atoms with Gasteiger partial charge in [0.05, 0.1) is 11.5 Å². The molecule has 1 aromatic heterocycles. The molecule has 1 aromatic rings. The molecular formula is C11H14N2O3S. The molecule has 0 aliphatic heterocycles. The molecule has 0 atom stereocenters. The van der Waals surface area contributed by atoms with Crippen molar-refractivity contribution in [3.63, 3.8) is 0 Å². The van der Waals surface area contributed by atoms with E-state index in [1.165, 1.54) is 0 Å². The van der Waals surface area contributed by atoms with Crippen LogP contribution >= 0.6 is 11.8 Å². The first kappa shape index (κ1) is 13.5. The summed E-state index contributed by atoms with van der Waals surface area (Å²) in [5.74, 6) is -0.925. The van der Waals surface area contributed by atoms with Crippen LogP contribution in [0.25, 0.3) is 0 Å². The van der Waals surface area contributed by atoms with Gasteiger partial charge in [0.1, 0.15) is 0 Å². The fourth-order valence-electron chi connectivity index (χ4n) is 1.16. The van der Waals surface area contributed by atoms with E-state index in [9.17, 15) is 9.59 Å². The number of thioether (sulfide) groups is 1. The maximum Gasteiger partial charge on any atom is 0.313 e. The normalized spacial score (nSPS) is 9.88. The Balaban J connectivity index is 2.10. The average Bonchev–Trinajstić information content (AvgIpc) is 2.30. The van der Waals surface area contributed by atoms with Crippen LogP contribution in [-0.4, -0.2) is 40.0 Å². The number of rotatable bonds is 7. The third kappa shape index (κ3) is 6.57. The van der Waals surface area contributed by atoms with E-state index < -0.39 is 5.97 Å². The Labute approximate surface area is 104 Å². The van der Waals surface area contributed by atoms with E-state index in [2.05, 4.69) is 10.3 Å². The summed E-state index contributed by atoms with van der Waals surface area (Å²) in [4.78, 5) is 25.6. The summed E-state index contributed by atoms with van der Waals surface area (Å²) in [6, 6.07) is 5.63. The first-order chi connectivity index (χ1) is 8.18. The van der Waals surface area contributed by atoms with Gasteiger partial charge in [0.15, 0.2) is 0 Å². The van der Waals surface area contributed by atoms with E-state index in [1.807, 2.05) is 18.2 Å². The van der Waals surface area contributed by atoms with Crippen LogP contribution in [0.2, 0.25) is 0 Å². The Morgan fingerprint density at radius 3 is 2.82 bits per heavy atom. The minimum Gasteiger partial charge on any atom is -0.481 e. The second kappa shape index (κ2) is 7.67. The lowest BCUT2D eigenvalue weighted by Gasteiger charge is -2.03. The third-order valence-electron chi connectivity index (χ3n) is 1.89. The number of carbonyl (C=O) groups excluding carboxylic acids is 1. The molecule has 0 saturated carbocycles. The lowest BCUT2D eigenvalue weighted by atomic mass is 10.3.